The molecule has 2 aliphatic heterocycles. The van der Waals surface area contributed by atoms with E-state index in [0.717, 1.165) is 12.8 Å². The second-order valence-corrected chi connectivity index (χ2v) is 5.87. The maximum Gasteiger partial charge on any atom is 0.254 e. The van der Waals surface area contributed by atoms with E-state index in [2.05, 4.69) is 6.92 Å². The van der Waals surface area contributed by atoms with Crippen LogP contribution < -0.4 is 4.74 Å². The zero-order valence-corrected chi connectivity index (χ0v) is 12.3. The second kappa shape index (κ2) is 5.64. The van der Waals surface area contributed by atoms with Crippen LogP contribution in [0.25, 0.3) is 0 Å². The van der Waals surface area contributed by atoms with E-state index in [1.165, 1.54) is 25.3 Å². The number of amides is 1. The van der Waals surface area contributed by atoms with Crippen molar-refractivity contribution in [1.82, 2.24) is 4.90 Å². The highest BCUT2D eigenvalue weighted by atomic mass is 19.1. The molecule has 2 heterocycles. The number of carbonyl (C=O) groups excluding carboxylic acids is 1. The molecule has 2 saturated heterocycles. The summed E-state index contributed by atoms with van der Waals surface area (Å²) in [7, 11) is 1.40. The summed E-state index contributed by atoms with van der Waals surface area (Å²) >= 11 is 0. The van der Waals surface area contributed by atoms with Gasteiger partial charge in [0.05, 0.1) is 19.3 Å². The van der Waals surface area contributed by atoms with E-state index in [1.807, 2.05) is 4.90 Å². The summed E-state index contributed by atoms with van der Waals surface area (Å²) in [5.41, 5.74) is 0.471. The van der Waals surface area contributed by atoms with E-state index in [9.17, 15) is 9.18 Å². The molecule has 0 spiro atoms. The summed E-state index contributed by atoms with van der Waals surface area (Å²) in [5.74, 6) is 0.00526. The van der Waals surface area contributed by atoms with E-state index < -0.39 is 5.82 Å². The third-order valence-corrected chi connectivity index (χ3v) is 4.39. The number of hydrogen-bond acceptors (Lipinski definition) is 3. The molecule has 0 aliphatic carbocycles. The molecule has 114 valence electrons. The Morgan fingerprint density at radius 3 is 3.05 bits per heavy atom. The van der Waals surface area contributed by atoms with Crippen LogP contribution in [0, 0.1) is 11.7 Å². The number of benzene rings is 1. The number of likely N-dealkylation sites (tertiary alicyclic amines) is 1. The molecule has 2 fully saturated rings. The van der Waals surface area contributed by atoms with Crippen LogP contribution in [0.5, 0.6) is 5.75 Å². The highest BCUT2D eigenvalue weighted by Crippen LogP contribution is 2.33. The summed E-state index contributed by atoms with van der Waals surface area (Å²) in [6, 6.07) is 4.26. The second-order valence-electron chi connectivity index (χ2n) is 5.87. The van der Waals surface area contributed by atoms with Gasteiger partial charge in [0.1, 0.15) is 0 Å². The first-order chi connectivity index (χ1) is 10.1. The Labute approximate surface area is 123 Å². The molecule has 0 N–H and O–H groups in total. The smallest absolute Gasteiger partial charge is 0.254 e. The number of rotatable bonds is 2. The lowest BCUT2D eigenvalue weighted by Crippen LogP contribution is -2.44. The molecule has 0 bridgehead atoms. The molecule has 1 aromatic rings. The van der Waals surface area contributed by atoms with Crippen LogP contribution >= 0.6 is 0 Å². The number of carbonyl (C=O) groups is 1. The standard InChI is InChI=1S/C16H20FNO3/c1-10-7-12-9-18(6-5-14(12)21-10)16(19)11-3-4-13(17)15(8-11)20-2/h3-4,8,10,12,14H,5-7,9H2,1-2H3/t10-,12-,14-/m1/s1. The predicted octanol–water partition coefficient (Wildman–Crippen LogP) is 2.47. The predicted molar refractivity (Wildman–Crippen MR) is 75.9 cm³/mol. The number of piperidine rings is 1. The Hall–Kier alpha value is -1.62. The zero-order chi connectivity index (χ0) is 15.0. The Bertz CT molecular complexity index is 548. The lowest BCUT2D eigenvalue weighted by molar-refractivity contribution is 0.00864. The highest BCUT2D eigenvalue weighted by molar-refractivity contribution is 5.94. The number of fused-ring (bicyclic) bond motifs is 1. The average Bonchev–Trinajstić information content (AvgIpc) is 2.86. The fourth-order valence-electron chi connectivity index (χ4n) is 3.36. The van der Waals surface area contributed by atoms with Gasteiger partial charge in [-0.1, -0.05) is 0 Å². The van der Waals surface area contributed by atoms with E-state index >= 15 is 0 Å². The van der Waals surface area contributed by atoms with Crippen LogP contribution in [0.3, 0.4) is 0 Å². The van der Waals surface area contributed by atoms with Crippen molar-refractivity contribution >= 4 is 5.91 Å². The fourth-order valence-corrected chi connectivity index (χ4v) is 3.36. The van der Waals surface area contributed by atoms with Gasteiger partial charge in [-0.3, -0.25) is 4.79 Å². The summed E-state index contributed by atoms with van der Waals surface area (Å²) in [6.45, 7) is 3.48. The van der Waals surface area contributed by atoms with E-state index in [0.29, 0.717) is 24.6 Å². The van der Waals surface area contributed by atoms with Crippen LogP contribution in [0.4, 0.5) is 4.39 Å². The molecule has 0 saturated carbocycles. The van der Waals surface area contributed by atoms with Crippen molar-refractivity contribution in [3.63, 3.8) is 0 Å². The van der Waals surface area contributed by atoms with Gasteiger partial charge in [0.2, 0.25) is 0 Å². The van der Waals surface area contributed by atoms with Crippen molar-refractivity contribution in [3.8, 4) is 5.75 Å². The van der Waals surface area contributed by atoms with Crippen LogP contribution in [0.1, 0.15) is 30.1 Å². The molecule has 3 atom stereocenters. The third kappa shape index (κ3) is 2.75. The van der Waals surface area contributed by atoms with E-state index in [-0.39, 0.29) is 23.9 Å². The monoisotopic (exact) mass is 293 g/mol. The maximum atomic E-state index is 13.4. The minimum Gasteiger partial charge on any atom is -0.494 e. The van der Waals surface area contributed by atoms with E-state index in [4.69, 9.17) is 9.47 Å². The summed E-state index contributed by atoms with van der Waals surface area (Å²) < 4.78 is 24.2. The van der Waals surface area contributed by atoms with Crippen molar-refractivity contribution in [2.45, 2.75) is 32.0 Å². The van der Waals surface area contributed by atoms with Gasteiger partial charge in [-0.25, -0.2) is 4.39 Å². The number of nitrogens with zero attached hydrogens (tertiary/aromatic N) is 1. The van der Waals surface area contributed by atoms with Gasteiger partial charge in [-0.2, -0.15) is 0 Å². The largest absolute Gasteiger partial charge is 0.494 e. The SMILES string of the molecule is COc1cc(C(=O)N2CC[C@H]3O[C@H](C)C[C@@H]3C2)ccc1F. The molecule has 0 unspecified atom stereocenters. The first kappa shape index (κ1) is 14.3. The normalized spacial score (nSPS) is 28.3. The summed E-state index contributed by atoms with van der Waals surface area (Å²) in [4.78, 5) is 14.4. The summed E-state index contributed by atoms with van der Waals surface area (Å²) in [6.07, 6.45) is 2.44. The first-order valence-corrected chi connectivity index (χ1v) is 7.36. The molecule has 0 aromatic heterocycles. The molecule has 3 rings (SSSR count). The topological polar surface area (TPSA) is 38.8 Å². The van der Waals surface area contributed by atoms with Gasteiger partial charge in [-0.05, 0) is 38.0 Å². The van der Waals surface area contributed by atoms with Crippen LogP contribution in [0.15, 0.2) is 18.2 Å². The third-order valence-electron chi connectivity index (χ3n) is 4.39. The van der Waals surface area contributed by atoms with Gasteiger partial charge in [0.15, 0.2) is 11.6 Å². The lowest BCUT2D eigenvalue weighted by Gasteiger charge is -2.34. The van der Waals surface area contributed by atoms with Gasteiger partial charge in [-0.15, -0.1) is 0 Å². The van der Waals surface area contributed by atoms with Crippen molar-refractivity contribution in [2.75, 3.05) is 20.2 Å². The van der Waals surface area contributed by atoms with Crippen molar-refractivity contribution in [2.24, 2.45) is 5.92 Å². The van der Waals surface area contributed by atoms with Crippen molar-refractivity contribution in [3.05, 3.63) is 29.6 Å². The molecular weight excluding hydrogens is 273 g/mol. The Morgan fingerprint density at radius 1 is 1.48 bits per heavy atom. The van der Waals surface area contributed by atoms with Crippen LogP contribution in [-0.4, -0.2) is 43.2 Å². The van der Waals surface area contributed by atoms with Gasteiger partial charge >= 0.3 is 0 Å². The quantitative estimate of drug-likeness (QED) is 0.841. The average molecular weight is 293 g/mol. The first-order valence-electron chi connectivity index (χ1n) is 7.36. The minimum atomic E-state index is -0.453. The maximum absolute atomic E-state index is 13.4. The Kier molecular flexibility index (Phi) is 3.85. The Morgan fingerprint density at radius 2 is 2.29 bits per heavy atom. The number of methoxy groups -OCH3 is 1. The lowest BCUT2D eigenvalue weighted by atomic mass is 9.92. The molecule has 2 aliphatic rings. The molecule has 5 heteroatoms. The van der Waals surface area contributed by atoms with Crippen molar-refractivity contribution < 1.29 is 18.7 Å². The van der Waals surface area contributed by atoms with Gasteiger partial charge in [0.25, 0.3) is 5.91 Å². The molecule has 0 radical (unpaired) electrons. The summed E-state index contributed by atoms with van der Waals surface area (Å²) in [5, 5.41) is 0. The molecule has 1 amide bonds. The fraction of sp³-hybridized carbons (Fsp3) is 0.562. The minimum absolute atomic E-state index is 0.0636. The molecule has 21 heavy (non-hydrogen) atoms. The zero-order valence-electron chi connectivity index (χ0n) is 12.3. The number of halogens is 1. The van der Waals surface area contributed by atoms with Crippen LogP contribution in [0.2, 0.25) is 0 Å². The van der Waals surface area contributed by atoms with Crippen LogP contribution in [-0.2, 0) is 4.74 Å². The Balaban J connectivity index is 1.74. The number of hydrogen-bond donors (Lipinski definition) is 0. The molecule has 1 aromatic carbocycles. The van der Waals surface area contributed by atoms with E-state index in [1.54, 1.807) is 0 Å². The number of ether oxygens (including phenoxy) is 2. The van der Waals surface area contributed by atoms with Gasteiger partial charge < -0.3 is 14.4 Å². The van der Waals surface area contributed by atoms with Crippen molar-refractivity contribution in [1.29, 1.82) is 0 Å². The van der Waals surface area contributed by atoms with Gasteiger partial charge in [0, 0.05) is 24.6 Å². The molecule has 4 nitrogen and oxygen atoms in total. The molecular formula is C16H20FNO3. The highest BCUT2D eigenvalue weighted by Gasteiger charge is 2.38.